The van der Waals surface area contributed by atoms with Gasteiger partial charge >= 0.3 is 0 Å². The van der Waals surface area contributed by atoms with Gasteiger partial charge in [-0.1, -0.05) is 40.2 Å². The van der Waals surface area contributed by atoms with E-state index in [4.69, 9.17) is 0 Å². The predicted molar refractivity (Wildman–Crippen MR) is 80.7 cm³/mol. The average molecular weight is 316 g/mol. The third-order valence-corrected chi connectivity index (χ3v) is 4.08. The van der Waals surface area contributed by atoms with Crippen LogP contribution in [0.4, 0.5) is 5.69 Å². The Morgan fingerprint density at radius 1 is 1.11 bits per heavy atom. The van der Waals surface area contributed by atoms with E-state index in [9.17, 15) is 4.79 Å². The quantitative estimate of drug-likeness (QED) is 0.785. The Balaban J connectivity index is 1.95. The van der Waals surface area contributed by atoms with Gasteiger partial charge in [0.1, 0.15) is 0 Å². The smallest absolute Gasteiger partial charge is 0.152 e. The summed E-state index contributed by atoms with van der Waals surface area (Å²) < 4.78 is 0.941. The molecule has 0 aromatic heterocycles. The molecule has 2 nitrogen and oxygen atoms in total. The fraction of sp³-hybridized carbons (Fsp3) is 0.188. The lowest BCUT2D eigenvalue weighted by atomic mass is 9.99. The highest BCUT2D eigenvalue weighted by Crippen LogP contribution is 2.28. The molecule has 3 heteroatoms. The Bertz CT molecular complexity index is 624. The highest BCUT2D eigenvalue weighted by molar-refractivity contribution is 9.10. The van der Waals surface area contributed by atoms with Crippen molar-refractivity contribution in [3.05, 3.63) is 63.6 Å². The summed E-state index contributed by atoms with van der Waals surface area (Å²) >= 11 is 3.41. The van der Waals surface area contributed by atoms with Crippen LogP contribution < -0.4 is 4.90 Å². The molecule has 0 fully saturated rings. The Morgan fingerprint density at radius 3 is 2.68 bits per heavy atom. The molecule has 96 valence electrons. The lowest BCUT2D eigenvalue weighted by Gasteiger charge is -2.31. The summed E-state index contributed by atoms with van der Waals surface area (Å²) in [5.41, 5.74) is 4.54. The van der Waals surface area contributed by atoms with E-state index < -0.39 is 0 Å². The van der Waals surface area contributed by atoms with E-state index in [1.54, 1.807) is 0 Å². The fourth-order valence-electron chi connectivity index (χ4n) is 2.61. The highest BCUT2D eigenvalue weighted by Gasteiger charge is 2.18. The van der Waals surface area contributed by atoms with Gasteiger partial charge < -0.3 is 4.90 Å². The number of carbonyl (C=O) groups is 1. The molecule has 0 bridgehead atoms. The number of benzene rings is 2. The summed E-state index contributed by atoms with van der Waals surface area (Å²) in [6, 6.07) is 14.4. The minimum atomic E-state index is 0.744. The van der Waals surface area contributed by atoms with Crippen LogP contribution in [-0.4, -0.2) is 12.8 Å². The second-order valence-corrected chi connectivity index (χ2v) is 5.68. The van der Waals surface area contributed by atoms with Gasteiger partial charge in [-0.15, -0.1) is 0 Å². The molecule has 2 aromatic carbocycles. The second-order valence-electron chi connectivity index (χ2n) is 4.76. The van der Waals surface area contributed by atoms with Crippen molar-refractivity contribution in [2.24, 2.45) is 0 Å². The summed E-state index contributed by atoms with van der Waals surface area (Å²) in [7, 11) is 0. The van der Waals surface area contributed by atoms with E-state index in [-0.39, 0.29) is 0 Å². The zero-order chi connectivity index (χ0) is 13.2. The molecule has 0 saturated heterocycles. The summed E-state index contributed by atoms with van der Waals surface area (Å²) in [6.45, 7) is 1.83. The molecule has 0 amide bonds. The van der Waals surface area contributed by atoms with Crippen LogP contribution in [0.1, 0.15) is 21.5 Å². The molecule has 0 atom stereocenters. The van der Waals surface area contributed by atoms with Crippen molar-refractivity contribution < 1.29 is 4.79 Å². The molecule has 3 rings (SSSR count). The number of nitrogens with zero attached hydrogens (tertiary/aromatic N) is 1. The highest BCUT2D eigenvalue weighted by atomic mass is 79.9. The van der Waals surface area contributed by atoms with Gasteiger partial charge in [0.05, 0.1) is 0 Å². The van der Waals surface area contributed by atoms with Crippen molar-refractivity contribution in [1.82, 2.24) is 0 Å². The maximum atomic E-state index is 11.2. The molecule has 0 saturated carbocycles. The standard InChI is InChI=1S/C16H14BrNO/c17-15-5-6-16(14(9-15)11-19)18-8-7-12-3-1-2-4-13(12)10-18/h1-6,9,11H,7-8,10H2. The number of hydrogen-bond acceptors (Lipinski definition) is 2. The topological polar surface area (TPSA) is 20.3 Å². The number of aldehydes is 1. The first-order chi connectivity index (χ1) is 9.28. The van der Waals surface area contributed by atoms with Gasteiger partial charge in [-0.3, -0.25) is 4.79 Å². The maximum Gasteiger partial charge on any atom is 0.152 e. The molecular weight excluding hydrogens is 302 g/mol. The zero-order valence-corrected chi connectivity index (χ0v) is 12.1. The first-order valence-corrected chi connectivity index (χ1v) is 7.13. The van der Waals surface area contributed by atoms with Crippen LogP contribution in [0.15, 0.2) is 46.9 Å². The molecular formula is C16H14BrNO. The van der Waals surface area contributed by atoms with E-state index >= 15 is 0 Å². The summed E-state index contributed by atoms with van der Waals surface area (Å²) in [6.07, 6.45) is 1.96. The van der Waals surface area contributed by atoms with Crippen LogP contribution in [-0.2, 0) is 13.0 Å². The van der Waals surface area contributed by atoms with Gasteiger partial charge in [-0.2, -0.15) is 0 Å². The number of anilines is 1. The van der Waals surface area contributed by atoms with Crippen molar-refractivity contribution in [2.45, 2.75) is 13.0 Å². The third-order valence-electron chi connectivity index (χ3n) is 3.59. The van der Waals surface area contributed by atoms with E-state index in [0.29, 0.717) is 0 Å². The van der Waals surface area contributed by atoms with Crippen LogP contribution >= 0.6 is 15.9 Å². The summed E-state index contributed by atoms with van der Waals surface area (Å²) in [4.78, 5) is 13.5. The number of carbonyl (C=O) groups excluding carboxylic acids is 1. The van der Waals surface area contributed by atoms with E-state index in [1.165, 1.54) is 11.1 Å². The fourth-order valence-corrected chi connectivity index (χ4v) is 2.99. The molecule has 1 heterocycles. The molecule has 2 aromatic rings. The van der Waals surface area contributed by atoms with Crippen molar-refractivity contribution in [1.29, 1.82) is 0 Å². The second kappa shape index (κ2) is 5.17. The molecule has 0 spiro atoms. The van der Waals surface area contributed by atoms with Crippen LogP contribution in [0.2, 0.25) is 0 Å². The minimum Gasteiger partial charge on any atom is -0.366 e. The first kappa shape index (κ1) is 12.4. The number of hydrogen-bond donors (Lipinski definition) is 0. The lowest BCUT2D eigenvalue weighted by molar-refractivity contribution is 0.112. The van der Waals surface area contributed by atoms with Gasteiger partial charge in [-0.25, -0.2) is 0 Å². The van der Waals surface area contributed by atoms with Gasteiger partial charge in [0.25, 0.3) is 0 Å². The minimum absolute atomic E-state index is 0.744. The van der Waals surface area contributed by atoms with Crippen LogP contribution in [0.3, 0.4) is 0 Å². The van der Waals surface area contributed by atoms with Gasteiger partial charge in [0, 0.05) is 28.8 Å². The Kier molecular flexibility index (Phi) is 3.38. The molecule has 0 radical (unpaired) electrons. The maximum absolute atomic E-state index is 11.2. The van der Waals surface area contributed by atoms with Crippen LogP contribution in [0.25, 0.3) is 0 Å². The van der Waals surface area contributed by atoms with Crippen molar-refractivity contribution in [2.75, 3.05) is 11.4 Å². The average Bonchev–Trinajstić information content (AvgIpc) is 2.46. The largest absolute Gasteiger partial charge is 0.366 e. The Morgan fingerprint density at radius 2 is 1.89 bits per heavy atom. The van der Waals surface area contributed by atoms with Crippen molar-refractivity contribution >= 4 is 27.9 Å². The zero-order valence-electron chi connectivity index (χ0n) is 10.5. The van der Waals surface area contributed by atoms with Crippen molar-refractivity contribution in [3.8, 4) is 0 Å². The van der Waals surface area contributed by atoms with Crippen LogP contribution in [0.5, 0.6) is 0 Å². The monoisotopic (exact) mass is 315 g/mol. The van der Waals surface area contributed by atoms with Gasteiger partial charge in [0.15, 0.2) is 6.29 Å². The Labute approximate surface area is 121 Å². The van der Waals surface area contributed by atoms with Gasteiger partial charge in [-0.05, 0) is 35.7 Å². The first-order valence-electron chi connectivity index (χ1n) is 6.34. The number of halogens is 1. The van der Waals surface area contributed by atoms with E-state index in [0.717, 1.165) is 41.5 Å². The Hall–Kier alpha value is -1.61. The van der Waals surface area contributed by atoms with Crippen LogP contribution in [0, 0.1) is 0 Å². The summed E-state index contributed by atoms with van der Waals surface area (Å²) in [5, 5.41) is 0. The lowest BCUT2D eigenvalue weighted by Crippen LogP contribution is -2.31. The molecule has 0 N–H and O–H groups in total. The normalized spacial score (nSPS) is 14.1. The molecule has 0 unspecified atom stereocenters. The van der Waals surface area contributed by atoms with E-state index in [1.807, 2.05) is 18.2 Å². The molecule has 19 heavy (non-hydrogen) atoms. The molecule has 1 aliphatic heterocycles. The predicted octanol–water partition coefficient (Wildman–Crippen LogP) is 3.82. The summed E-state index contributed by atoms with van der Waals surface area (Å²) in [5.74, 6) is 0. The SMILES string of the molecule is O=Cc1cc(Br)ccc1N1CCc2ccccc2C1. The molecule has 1 aliphatic rings. The van der Waals surface area contributed by atoms with E-state index in [2.05, 4.69) is 45.1 Å². The van der Waals surface area contributed by atoms with Crippen molar-refractivity contribution in [3.63, 3.8) is 0 Å². The van der Waals surface area contributed by atoms with Gasteiger partial charge in [0.2, 0.25) is 0 Å². The number of fused-ring (bicyclic) bond motifs is 1. The number of rotatable bonds is 2. The third kappa shape index (κ3) is 2.43. The molecule has 0 aliphatic carbocycles.